The number of ether oxygens (including phenoxy) is 2. The van der Waals surface area contributed by atoms with E-state index in [1.165, 1.54) is 44.7 Å². The molecular weight excluding hydrogens is 399 g/mol. The average Bonchev–Trinajstić information content (AvgIpc) is 3.23. The third-order valence-electron chi connectivity index (χ3n) is 3.93. The molecule has 29 heavy (non-hydrogen) atoms. The first-order valence-electron chi connectivity index (χ1n) is 8.27. The van der Waals surface area contributed by atoms with Crippen LogP contribution in [-0.4, -0.2) is 37.0 Å². The van der Waals surface area contributed by atoms with E-state index in [-0.39, 0.29) is 27.3 Å². The Morgan fingerprint density at radius 2 is 1.76 bits per heavy atom. The van der Waals surface area contributed by atoms with Crippen molar-refractivity contribution < 1.29 is 28.2 Å². The highest BCUT2D eigenvalue weighted by atomic mass is 32.1. The van der Waals surface area contributed by atoms with Gasteiger partial charge in [-0.1, -0.05) is 12.1 Å². The first-order chi connectivity index (χ1) is 13.9. The summed E-state index contributed by atoms with van der Waals surface area (Å²) in [5, 5.41) is 2.91. The fourth-order valence-corrected chi connectivity index (χ4v) is 3.34. The lowest BCUT2D eigenvalue weighted by atomic mass is 10.1. The van der Waals surface area contributed by atoms with Crippen molar-refractivity contribution in [2.45, 2.75) is 0 Å². The minimum absolute atomic E-state index is 0.0624. The van der Waals surface area contributed by atoms with Gasteiger partial charge in [0.25, 0.3) is 5.91 Å². The lowest BCUT2D eigenvalue weighted by Gasteiger charge is -2.10. The van der Waals surface area contributed by atoms with Gasteiger partial charge in [-0.3, -0.25) is 4.79 Å². The van der Waals surface area contributed by atoms with Crippen LogP contribution in [0.4, 0.5) is 10.1 Å². The zero-order valence-corrected chi connectivity index (χ0v) is 16.2. The first-order valence-corrected chi connectivity index (χ1v) is 9.09. The monoisotopic (exact) mass is 414 g/mol. The Morgan fingerprint density at radius 1 is 1.03 bits per heavy atom. The average molecular weight is 414 g/mol. The van der Waals surface area contributed by atoms with E-state index in [1.54, 1.807) is 18.2 Å². The van der Waals surface area contributed by atoms with E-state index in [4.69, 9.17) is 4.74 Å². The van der Waals surface area contributed by atoms with Crippen molar-refractivity contribution in [1.29, 1.82) is 0 Å². The molecule has 0 aliphatic rings. The van der Waals surface area contributed by atoms with Crippen LogP contribution in [0, 0.1) is 5.82 Å². The van der Waals surface area contributed by atoms with E-state index < -0.39 is 23.7 Å². The summed E-state index contributed by atoms with van der Waals surface area (Å²) in [6, 6.07) is 10.1. The molecule has 0 fully saturated rings. The second-order valence-corrected chi connectivity index (χ2v) is 6.74. The molecule has 1 aromatic heterocycles. The Hall–Kier alpha value is -3.59. The molecule has 1 N–H and O–H groups in total. The second kappa shape index (κ2) is 8.61. The van der Waals surface area contributed by atoms with Crippen molar-refractivity contribution in [1.82, 2.24) is 4.98 Å². The van der Waals surface area contributed by atoms with Crippen LogP contribution in [0.15, 0.2) is 48.7 Å². The molecule has 0 aliphatic heterocycles. The van der Waals surface area contributed by atoms with Crippen molar-refractivity contribution in [3.63, 3.8) is 0 Å². The highest BCUT2D eigenvalue weighted by Crippen LogP contribution is 2.28. The van der Waals surface area contributed by atoms with Crippen LogP contribution in [-0.2, 0) is 9.47 Å². The molecular formula is C20H15FN2O5S. The summed E-state index contributed by atoms with van der Waals surface area (Å²) in [6.07, 6.45) is 1.31. The minimum Gasteiger partial charge on any atom is -0.465 e. The number of carbonyl (C=O) groups is 3. The van der Waals surface area contributed by atoms with Crippen LogP contribution in [0.2, 0.25) is 0 Å². The largest absolute Gasteiger partial charge is 0.465 e. The van der Waals surface area contributed by atoms with Gasteiger partial charge in [-0.15, -0.1) is 11.3 Å². The number of esters is 2. The number of benzene rings is 2. The topological polar surface area (TPSA) is 94.6 Å². The van der Waals surface area contributed by atoms with Crippen molar-refractivity contribution >= 4 is 34.9 Å². The highest BCUT2D eigenvalue weighted by molar-refractivity contribution is 7.17. The number of hydrogen-bond acceptors (Lipinski definition) is 7. The molecule has 0 unspecified atom stereocenters. The summed E-state index contributed by atoms with van der Waals surface area (Å²) in [5.74, 6) is -2.34. The molecule has 3 aromatic rings. The van der Waals surface area contributed by atoms with Gasteiger partial charge in [0, 0.05) is 5.56 Å². The maximum Gasteiger partial charge on any atom is 0.339 e. The number of aromatic nitrogens is 1. The number of nitrogens with zero attached hydrogens (tertiary/aromatic N) is 1. The zero-order valence-electron chi connectivity index (χ0n) is 15.4. The second-order valence-electron chi connectivity index (χ2n) is 5.71. The van der Waals surface area contributed by atoms with Crippen LogP contribution >= 0.6 is 11.3 Å². The van der Waals surface area contributed by atoms with E-state index in [0.29, 0.717) is 5.01 Å². The van der Waals surface area contributed by atoms with Gasteiger partial charge in [-0.05, 0) is 30.3 Å². The molecule has 3 rings (SSSR count). The van der Waals surface area contributed by atoms with Crippen LogP contribution in [0.5, 0.6) is 0 Å². The number of anilines is 1. The fraction of sp³-hybridized carbons (Fsp3) is 0.100. The van der Waals surface area contributed by atoms with Crippen LogP contribution in [0.3, 0.4) is 0 Å². The number of hydrogen-bond donors (Lipinski definition) is 1. The molecule has 0 atom stereocenters. The normalized spacial score (nSPS) is 10.3. The van der Waals surface area contributed by atoms with E-state index in [1.807, 2.05) is 0 Å². The number of nitrogens with one attached hydrogen (secondary N) is 1. The van der Waals surface area contributed by atoms with E-state index in [2.05, 4.69) is 15.0 Å². The Balaban J connectivity index is 1.91. The van der Waals surface area contributed by atoms with Crippen molar-refractivity contribution in [3.05, 3.63) is 70.5 Å². The Kier molecular flexibility index (Phi) is 5.99. The van der Waals surface area contributed by atoms with E-state index >= 15 is 0 Å². The van der Waals surface area contributed by atoms with Gasteiger partial charge in [0.15, 0.2) is 0 Å². The van der Waals surface area contributed by atoms with Gasteiger partial charge >= 0.3 is 11.9 Å². The van der Waals surface area contributed by atoms with Gasteiger partial charge in [-0.2, -0.15) is 0 Å². The van der Waals surface area contributed by atoms with E-state index in [0.717, 1.165) is 11.3 Å². The van der Waals surface area contributed by atoms with Gasteiger partial charge in [0.2, 0.25) is 0 Å². The number of carbonyl (C=O) groups excluding carboxylic acids is 3. The SMILES string of the molecule is COC(=O)c1ccc(C(=O)OC)c(NC(=O)c2cnc(-c3ccccc3F)s2)c1. The number of rotatable bonds is 5. The zero-order chi connectivity index (χ0) is 21.0. The Labute approximate surface area is 169 Å². The van der Waals surface area contributed by atoms with Gasteiger partial charge in [0.1, 0.15) is 15.7 Å². The van der Waals surface area contributed by atoms with Crippen molar-refractivity contribution in [2.24, 2.45) is 0 Å². The number of amides is 1. The summed E-state index contributed by atoms with van der Waals surface area (Å²) >= 11 is 0.992. The summed E-state index contributed by atoms with van der Waals surface area (Å²) in [4.78, 5) is 40.7. The fourth-order valence-electron chi connectivity index (χ4n) is 2.50. The standard InChI is InChI=1S/C20H15FN2O5S/c1-27-19(25)11-7-8-13(20(26)28-2)15(9-11)23-17(24)16-10-22-18(29-16)12-5-3-4-6-14(12)21/h3-10H,1-2H3,(H,23,24). The summed E-state index contributed by atoms with van der Waals surface area (Å²) in [7, 11) is 2.42. The molecule has 0 saturated carbocycles. The predicted octanol–water partition coefficient (Wildman–Crippen LogP) is 3.77. The molecule has 1 amide bonds. The maximum absolute atomic E-state index is 13.9. The van der Waals surface area contributed by atoms with Crippen LogP contribution in [0.1, 0.15) is 30.4 Å². The van der Waals surface area contributed by atoms with Gasteiger partial charge in [0.05, 0.1) is 37.2 Å². The lowest BCUT2D eigenvalue weighted by molar-refractivity contribution is 0.0587. The predicted molar refractivity (Wildman–Crippen MR) is 105 cm³/mol. The molecule has 0 saturated heterocycles. The summed E-state index contributed by atoms with van der Waals surface area (Å²) < 4.78 is 23.3. The molecule has 0 radical (unpaired) electrons. The van der Waals surface area contributed by atoms with Crippen molar-refractivity contribution in [2.75, 3.05) is 19.5 Å². The molecule has 1 heterocycles. The molecule has 0 aliphatic carbocycles. The first kappa shape index (κ1) is 20.2. The molecule has 7 nitrogen and oxygen atoms in total. The minimum atomic E-state index is -0.687. The number of halogens is 1. The van der Waals surface area contributed by atoms with E-state index in [9.17, 15) is 18.8 Å². The molecule has 0 spiro atoms. The molecule has 0 bridgehead atoms. The number of methoxy groups -OCH3 is 2. The lowest BCUT2D eigenvalue weighted by Crippen LogP contribution is -2.15. The molecule has 148 valence electrons. The smallest absolute Gasteiger partial charge is 0.339 e. The Morgan fingerprint density at radius 3 is 2.45 bits per heavy atom. The maximum atomic E-state index is 13.9. The highest BCUT2D eigenvalue weighted by Gasteiger charge is 2.20. The van der Waals surface area contributed by atoms with Crippen molar-refractivity contribution in [3.8, 4) is 10.6 Å². The molecule has 9 heteroatoms. The molecule has 2 aromatic carbocycles. The van der Waals surface area contributed by atoms with Crippen LogP contribution < -0.4 is 5.32 Å². The summed E-state index contributed by atoms with van der Waals surface area (Å²) in [5.41, 5.74) is 0.559. The third-order valence-corrected chi connectivity index (χ3v) is 4.96. The third kappa shape index (κ3) is 4.30. The summed E-state index contributed by atoms with van der Waals surface area (Å²) in [6.45, 7) is 0. The quantitative estimate of drug-likeness (QED) is 0.639. The van der Waals surface area contributed by atoms with Crippen LogP contribution in [0.25, 0.3) is 10.6 Å². The van der Waals surface area contributed by atoms with Gasteiger partial charge < -0.3 is 14.8 Å². The van der Waals surface area contributed by atoms with Gasteiger partial charge in [-0.25, -0.2) is 19.0 Å². The Bertz CT molecular complexity index is 1100. The number of thiazole rings is 1.